The van der Waals surface area contributed by atoms with Crippen LogP contribution in [-0.4, -0.2) is 35.6 Å². The highest BCUT2D eigenvalue weighted by Crippen LogP contribution is 2.45. The third-order valence-corrected chi connectivity index (χ3v) is 8.50. The van der Waals surface area contributed by atoms with Crippen LogP contribution >= 0.6 is 0 Å². The zero-order valence-electron chi connectivity index (χ0n) is 24.3. The van der Waals surface area contributed by atoms with Crippen LogP contribution in [0.3, 0.4) is 0 Å². The number of ether oxygens (including phenoxy) is 2. The summed E-state index contributed by atoms with van der Waals surface area (Å²) in [4.78, 5) is 27.8. The van der Waals surface area contributed by atoms with Crippen LogP contribution in [0.15, 0.2) is 78.9 Å². The van der Waals surface area contributed by atoms with Gasteiger partial charge in [0.2, 0.25) is 5.91 Å². The number of fused-ring (bicyclic) bond motifs is 1. The van der Waals surface area contributed by atoms with E-state index in [1.807, 2.05) is 6.07 Å². The monoisotopic (exact) mass is 634 g/mol. The zero-order valence-corrected chi connectivity index (χ0v) is 24.3. The van der Waals surface area contributed by atoms with Crippen LogP contribution in [0, 0.1) is 0 Å². The maximum absolute atomic E-state index is 14.0. The average Bonchev–Trinajstić information content (AvgIpc) is 3.02. The van der Waals surface area contributed by atoms with Gasteiger partial charge >= 0.3 is 18.4 Å². The molecule has 3 aromatic carbocycles. The van der Waals surface area contributed by atoms with E-state index >= 15 is 0 Å². The molecular weight excluding hydrogens is 602 g/mol. The van der Waals surface area contributed by atoms with Crippen LogP contribution < -0.4 is 5.32 Å². The lowest BCUT2D eigenvalue weighted by Gasteiger charge is -2.54. The van der Waals surface area contributed by atoms with Gasteiger partial charge in [0.05, 0.1) is 35.4 Å². The Morgan fingerprint density at radius 3 is 2.13 bits per heavy atom. The van der Waals surface area contributed by atoms with Crippen molar-refractivity contribution in [2.45, 2.75) is 75.3 Å². The maximum atomic E-state index is 14.0. The first kappa shape index (κ1) is 32.3. The molecule has 5 rings (SSSR count). The van der Waals surface area contributed by atoms with Gasteiger partial charge < -0.3 is 14.8 Å². The molecule has 4 atom stereocenters. The molecule has 0 saturated carbocycles. The van der Waals surface area contributed by atoms with Gasteiger partial charge in [-0.25, -0.2) is 4.79 Å². The molecule has 2 fully saturated rings. The van der Waals surface area contributed by atoms with Crippen molar-refractivity contribution in [1.82, 2.24) is 10.2 Å². The molecule has 240 valence electrons. The number of halogens is 6. The number of likely N-dealkylation sites (tertiary alicyclic amines) is 1. The molecule has 0 radical (unpaired) electrons. The highest BCUT2D eigenvalue weighted by Gasteiger charge is 2.53. The largest absolute Gasteiger partial charge is 0.445 e. The van der Waals surface area contributed by atoms with Crippen LogP contribution in [-0.2, 0) is 38.8 Å². The number of nitrogens with one attached hydrogen (secondary N) is 1. The smallest absolute Gasteiger partial charge is 0.416 e. The molecule has 2 heterocycles. The van der Waals surface area contributed by atoms with Gasteiger partial charge in [-0.05, 0) is 61.1 Å². The Bertz CT molecular complexity index is 1470. The number of nitrogens with zero attached hydrogens (tertiary/aromatic N) is 1. The molecule has 2 aliphatic rings. The Morgan fingerprint density at radius 2 is 1.53 bits per heavy atom. The van der Waals surface area contributed by atoms with E-state index in [0.717, 1.165) is 5.56 Å². The van der Waals surface area contributed by atoms with E-state index in [2.05, 4.69) is 5.32 Å². The Balaban J connectivity index is 1.51. The van der Waals surface area contributed by atoms with Gasteiger partial charge in [0.1, 0.15) is 6.61 Å². The lowest BCUT2D eigenvalue weighted by atomic mass is 9.75. The lowest BCUT2D eigenvalue weighted by Crippen LogP contribution is -2.68. The molecule has 1 N–H and O–H groups in total. The van der Waals surface area contributed by atoms with Crippen LogP contribution in [0.4, 0.5) is 31.1 Å². The fourth-order valence-electron chi connectivity index (χ4n) is 6.19. The van der Waals surface area contributed by atoms with Crippen LogP contribution in [0.25, 0.3) is 0 Å². The van der Waals surface area contributed by atoms with Crippen molar-refractivity contribution in [3.8, 4) is 0 Å². The molecule has 12 heteroatoms. The Kier molecular flexibility index (Phi) is 9.16. The van der Waals surface area contributed by atoms with Gasteiger partial charge in [-0.15, -0.1) is 0 Å². The number of hydrogen-bond acceptors (Lipinski definition) is 4. The van der Waals surface area contributed by atoms with Gasteiger partial charge in [0.15, 0.2) is 0 Å². The second-order valence-corrected chi connectivity index (χ2v) is 11.4. The number of benzene rings is 3. The van der Waals surface area contributed by atoms with E-state index in [-0.39, 0.29) is 49.6 Å². The van der Waals surface area contributed by atoms with Crippen LogP contribution in [0.1, 0.15) is 66.5 Å². The molecule has 2 aliphatic heterocycles. The molecule has 0 aliphatic carbocycles. The summed E-state index contributed by atoms with van der Waals surface area (Å²) in [6.07, 6.45) is -10.7. The van der Waals surface area contributed by atoms with E-state index in [1.54, 1.807) is 59.5 Å². The number of carbonyl (C=O) groups is 2. The van der Waals surface area contributed by atoms with Gasteiger partial charge in [0, 0.05) is 12.5 Å². The minimum absolute atomic E-state index is 0.0352. The number of amides is 2. The molecule has 0 spiro atoms. The third-order valence-electron chi connectivity index (χ3n) is 8.50. The average molecular weight is 635 g/mol. The quantitative estimate of drug-likeness (QED) is 0.270. The number of piperidine rings is 2. The highest BCUT2D eigenvalue weighted by atomic mass is 19.4. The predicted octanol–water partition coefficient (Wildman–Crippen LogP) is 7.78. The minimum atomic E-state index is -5.01. The molecule has 6 nitrogen and oxygen atoms in total. The fraction of sp³-hybridized carbons (Fsp3) is 0.394. The summed E-state index contributed by atoms with van der Waals surface area (Å²) in [5.41, 5.74) is -2.99. The first-order chi connectivity index (χ1) is 21.3. The number of rotatable bonds is 7. The summed E-state index contributed by atoms with van der Waals surface area (Å²) < 4.78 is 93.4. The maximum Gasteiger partial charge on any atom is 0.416 e. The molecular formula is C33H32F6N2O4. The SMILES string of the molecule is C[C@@H](OC[C@@]1(c2ccccc2)CC[C@@H]2NC(=O)CC[C@H]2N1C(=O)OCc1ccccc1)c1cc(C(F)(F)F)cc(C(F)(F)F)c1. The molecule has 0 unspecified atom stereocenters. The first-order valence-corrected chi connectivity index (χ1v) is 14.5. The lowest BCUT2D eigenvalue weighted by molar-refractivity contribution is -0.143. The van der Waals surface area contributed by atoms with E-state index in [0.29, 0.717) is 30.5 Å². The van der Waals surface area contributed by atoms with Crippen molar-refractivity contribution in [2.24, 2.45) is 0 Å². The molecule has 45 heavy (non-hydrogen) atoms. The van der Waals surface area contributed by atoms with Crippen molar-refractivity contribution < 1.29 is 45.4 Å². The van der Waals surface area contributed by atoms with E-state index in [4.69, 9.17) is 9.47 Å². The summed E-state index contributed by atoms with van der Waals surface area (Å²) in [7, 11) is 0. The first-order valence-electron chi connectivity index (χ1n) is 14.5. The summed E-state index contributed by atoms with van der Waals surface area (Å²) >= 11 is 0. The second kappa shape index (κ2) is 12.7. The molecule has 0 bridgehead atoms. The summed E-state index contributed by atoms with van der Waals surface area (Å²) in [6.45, 7) is 1.08. The summed E-state index contributed by atoms with van der Waals surface area (Å²) in [5.74, 6) is -0.143. The Hall–Kier alpha value is -4.06. The topological polar surface area (TPSA) is 67.9 Å². The van der Waals surface area contributed by atoms with Crippen LogP contribution in [0.5, 0.6) is 0 Å². The fourth-order valence-corrected chi connectivity index (χ4v) is 6.19. The zero-order chi connectivity index (χ0) is 32.4. The second-order valence-electron chi connectivity index (χ2n) is 11.4. The molecule has 0 aromatic heterocycles. The van der Waals surface area contributed by atoms with Gasteiger partial charge in [-0.3, -0.25) is 9.69 Å². The van der Waals surface area contributed by atoms with Gasteiger partial charge in [0.25, 0.3) is 0 Å². The molecule has 3 aromatic rings. The van der Waals surface area contributed by atoms with Gasteiger partial charge in [-0.1, -0.05) is 60.7 Å². The minimum Gasteiger partial charge on any atom is -0.445 e. The molecule has 2 amide bonds. The van der Waals surface area contributed by atoms with Gasteiger partial charge in [-0.2, -0.15) is 26.3 Å². The van der Waals surface area contributed by atoms with E-state index in [1.165, 1.54) is 6.92 Å². The Labute approximate surface area is 256 Å². The van der Waals surface area contributed by atoms with Crippen molar-refractivity contribution in [3.05, 3.63) is 107 Å². The number of alkyl halides is 6. The molecule has 2 saturated heterocycles. The van der Waals surface area contributed by atoms with E-state index < -0.39 is 47.3 Å². The Morgan fingerprint density at radius 1 is 0.933 bits per heavy atom. The number of carbonyl (C=O) groups excluding carboxylic acids is 2. The predicted molar refractivity (Wildman–Crippen MR) is 152 cm³/mol. The third kappa shape index (κ3) is 7.11. The van der Waals surface area contributed by atoms with Crippen molar-refractivity contribution in [2.75, 3.05) is 6.61 Å². The van der Waals surface area contributed by atoms with Crippen molar-refractivity contribution in [3.63, 3.8) is 0 Å². The summed E-state index contributed by atoms with van der Waals surface area (Å²) in [6, 6.07) is 18.4. The normalized spacial score (nSPS) is 22.7. The number of hydrogen-bond donors (Lipinski definition) is 1. The van der Waals surface area contributed by atoms with Crippen LogP contribution in [0.2, 0.25) is 0 Å². The highest BCUT2D eigenvalue weighted by molar-refractivity contribution is 5.78. The summed E-state index contributed by atoms with van der Waals surface area (Å²) in [5, 5.41) is 2.96. The van der Waals surface area contributed by atoms with E-state index in [9.17, 15) is 35.9 Å². The van der Waals surface area contributed by atoms with Crippen molar-refractivity contribution in [1.29, 1.82) is 0 Å². The van der Waals surface area contributed by atoms with Crippen molar-refractivity contribution >= 4 is 12.0 Å². The standard InChI is InChI=1S/C33H32F6N2O4/c1-21(23-16-25(32(34,35)36)18-26(17-23)33(37,38)39)45-20-31(24-10-6-3-7-11-24)15-14-27-28(12-13-29(42)40-27)41(31)30(43)44-19-22-8-4-2-5-9-22/h2-11,16-18,21,27-28H,12-15,19-20H2,1H3,(H,40,42)/t21-,27+,28-,31-/m1/s1.